The fraction of sp³-hybridized carbons (Fsp3) is 0.444. The Morgan fingerprint density at radius 1 is 1.42 bits per heavy atom. The zero-order chi connectivity index (χ0) is 9.30. The van der Waals surface area contributed by atoms with Crippen molar-refractivity contribution in [1.82, 2.24) is 4.57 Å². The molecule has 0 unspecified atom stereocenters. The van der Waals surface area contributed by atoms with Crippen molar-refractivity contribution in [3.63, 3.8) is 0 Å². The van der Waals surface area contributed by atoms with Gasteiger partial charge in [0.05, 0.1) is 5.03 Å². The molecule has 1 aromatic rings. The fourth-order valence-electron chi connectivity index (χ4n) is 1.43. The van der Waals surface area contributed by atoms with E-state index in [-0.39, 0.29) is 0 Å². The Bertz CT molecular complexity index is 315. The predicted octanol–water partition coefficient (Wildman–Crippen LogP) is 2.18. The molecule has 0 saturated heterocycles. The molecule has 0 aliphatic carbocycles. The second-order valence-electron chi connectivity index (χ2n) is 2.81. The highest BCUT2D eigenvalue weighted by molar-refractivity contribution is 7.98. The Morgan fingerprint density at radius 3 is 2.25 bits per heavy atom. The summed E-state index contributed by atoms with van der Waals surface area (Å²) < 4.78 is 2.06. The van der Waals surface area contributed by atoms with Gasteiger partial charge in [-0.25, -0.2) is 0 Å². The molecule has 0 atom stereocenters. The minimum Gasteiger partial charge on any atom is -0.342 e. The molecule has 12 heavy (non-hydrogen) atoms. The van der Waals surface area contributed by atoms with Gasteiger partial charge < -0.3 is 4.57 Å². The van der Waals surface area contributed by atoms with E-state index in [9.17, 15) is 4.79 Å². The third-order valence-corrected chi connectivity index (χ3v) is 3.20. The summed E-state index contributed by atoms with van der Waals surface area (Å²) in [6.45, 7) is 3.96. The van der Waals surface area contributed by atoms with Crippen LogP contribution in [0.3, 0.4) is 0 Å². The van der Waals surface area contributed by atoms with Gasteiger partial charge in [-0.1, -0.05) is 0 Å². The lowest BCUT2D eigenvalue weighted by atomic mass is 10.2. The molecule has 0 aliphatic heterocycles. The van der Waals surface area contributed by atoms with Crippen molar-refractivity contribution in [2.24, 2.45) is 7.05 Å². The van der Waals surface area contributed by atoms with E-state index in [2.05, 4.69) is 4.57 Å². The van der Waals surface area contributed by atoms with Gasteiger partial charge in [0.15, 0.2) is 6.29 Å². The van der Waals surface area contributed by atoms with Crippen molar-refractivity contribution in [3.8, 4) is 0 Å². The number of rotatable bonds is 2. The van der Waals surface area contributed by atoms with E-state index in [0.717, 1.165) is 23.1 Å². The van der Waals surface area contributed by atoms with Gasteiger partial charge in [-0.15, -0.1) is 11.8 Å². The standard InChI is InChI=1S/C9H13NOS/c1-6-8(5-11)7(2)10(3)9(6)12-4/h5H,1-4H3. The smallest absolute Gasteiger partial charge is 0.152 e. The maximum atomic E-state index is 10.7. The van der Waals surface area contributed by atoms with Gasteiger partial charge in [0.25, 0.3) is 0 Å². The summed E-state index contributed by atoms with van der Waals surface area (Å²) in [5.41, 5.74) is 2.98. The van der Waals surface area contributed by atoms with E-state index in [0.29, 0.717) is 0 Å². The number of carbonyl (C=O) groups excluding carboxylic acids is 1. The summed E-state index contributed by atoms with van der Waals surface area (Å²) in [7, 11) is 1.99. The van der Waals surface area contributed by atoms with Crippen LogP contribution in [0.4, 0.5) is 0 Å². The molecule has 0 N–H and O–H groups in total. The van der Waals surface area contributed by atoms with Crippen LogP contribution in [-0.4, -0.2) is 17.1 Å². The van der Waals surface area contributed by atoms with Crippen LogP contribution in [0.1, 0.15) is 21.6 Å². The summed E-state index contributed by atoms with van der Waals surface area (Å²) in [6.07, 6.45) is 2.96. The molecule has 0 aliphatic rings. The molecule has 0 saturated carbocycles. The molecule has 0 amide bonds. The number of hydrogen-bond donors (Lipinski definition) is 0. The summed E-state index contributed by atoms with van der Waals surface area (Å²) in [6, 6.07) is 0. The van der Waals surface area contributed by atoms with Gasteiger partial charge in [0.1, 0.15) is 0 Å². The van der Waals surface area contributed by atoms with Crippen molar-refractivity contribution >= 4 is 18.0 Å². The molecule has 1 heterocycles. The minimum atomic E-state index is 0.835. The van der Waals surface area contributed by atoms with Crippen LogP contribution >= 0.6 is 11.8 Å². The van der Waals surface area contributed by atoms with Crippen LogP contribution in [0.5, 0.6) is 0 Å². The Kier molecular flexibility index (Phi) is 2.62. The summed E-state index contributed by atoms with van der Waals surface area (Å²) >= 11 is 1.68. The zero-order valence-corrected chi connectivity index (χ0v) is 8.66. The summed E-state index contributed by atoms with van der Waals surface area (Å²) in [4.78, 5) is 10.7. The second-order valence-corrected chi connectivity index (χ2v) is 3.61. The maximum absolute atomic E-state index is 10.7. The number of nitrogens with zero attached hydrogens (tertiary/aromatic N) is 1. The van der Waals surface area contributed by atoms with Crippen molar-refractivity contribution in [1.29, 1.82) is 0 Å². The first-order valence-corrected chi connectivity index (χ1v) is 5.01. The minimum absolute atomic E-state index is 0.835. The number of thioether (sulfide) groups is 1. The number of aldehydes is 1. The molecular weight excluding hydrogens is 170 g/mol. The number of carbonyl (C=O) groups is 1. The van der Waals surface area contributed by atoms with E-state index >= 15 is 0 Å². The molecule has 1 aromatic heterocycles. The predicted molar refractivity (Wildman–Crippen MR) is 52.1 cm³/mol. The Morgan fingerprint density at radius 2 is 2.00 bits per heavy atom. The van der Waals surface area contributed by atoms with Crippen LogP contribution in [-0.2, 0) is 7.05 Å². The molecule has 1 rings (SSSR count). The lowest BCUT2D eigenvalue weighted by Gasteiger charge is -2.00. The van der Waals surface area contributed by atoms with Gasteiger partial charge in [-0.2, -0.15) is 0 Å². The van der Waals surface area contributed by atoms with Crippen LogP contribution in [0, 0.1) is 13.8 Å². The topological polar surface area (TPSA) is 22.0 Å². The van der Waals surface area contributed by atoms with Crippen molar-refractivity contribution < 1.29 is 4.79 Å². The van der Waals surface area contributed by atoms with Gasteiger partial charge in [-0.05, 0) is 25.7 Å². The normalized spacial score (nSPS) is 10.3. The first-order valence-electron chi connectivity index (χ1n) is 3.78. The highest BCUT2D eigenvalue weighted by atomic mass is 32.2. The molecule has 2 nitrogen and oxygen atoms in total. The van der Waals surface area contributed by atoms with Crippen LogP contribution in [0.15, 0.2) is 5.03 Å². The number of hydrogen-bond acceptors (Lipinski definition) is 2. The molecular formula is C9H13NOS. The average Bonchev–Trinajstić information content (AvgIpc) is 2.25. The van der Waals surface area contributed by atoms with Gasteiger partial charge in [-0.3, -0.25) is 4.79 Å². The van der Waals surface area contributed by atoms with Crippen LogP contribution < -0.4 is 0 Å². The SMILES string of the molecule is CSc1c(C)c(C=O)c(C)n1C. The van der Waals surface area contributed by atoms with Crippen molar-refractivity contribution in [2.45, 2.75) is 18.9 Å². The molecule has 66 valence electrons. The third-order valence-electron chi connectivity index (χ3n) is 2.23. The molecule has 0 bridgehead atoms. The van der Waals surface area contributed by atoms with Crippen LogP contribution in [0.25, 0.3) is 0 Å². The first-order chi connectivity index (χ1) is 5.63. The molecule has 0 spiro atoms. The molecule has 3 heteroatoms. The lowest BCUT2D eigenvalue weighted by Crippen LogP contribution is -1.92. The summed E-state index contributed by atoms with van der Waals surface area (Å²) in [5.74, 6) is 0. The maximum Gasteiger partial charge on any atom is 0.152 e. The lowest BCUT2D eigenvalue weighted by molar-refractivity contribution is 0.112. The Balaban J connectivity index is 3.42. The van der Waals surface area contributed by atoms with E-state index in [1.807, 2.05) is 27.2 Å². The Labute approximate surface area is 77.0 Å². The highest BCUT2D eigenvalue weighted by Gasteiger charge is 2.12. The van der Waals surface area contributed by atoms with E-state index in [4.69, 9.17) is 0 Å². The first kappa shape index (κ1) is 9.39. The van der Waals surface area contributed by atoms with Gasteiger partial charge in [0.2, 0.25) is 0 Å². The highest BCUT2D eigenvalue weighted by Crippen LogP contribution is 2.26. The third kappa shape index (κ3) is 1.18. The van der Waals surface area contributed by atoms with E-state index < -0.39 is 0 Å². The zero-order valence-electron chi connectivity index (χ0n) is 7.84. The molecule has 0 fully saturated rings. The van der Waals surface area contributed by atoms with Crippen molar-refractivity contribution in [3.05, 3.63) is 16.8 Å². The fourth-order valence-corrected chi connectivity index (χ4v) is 2.26. The Hall–Kier alpha value is -0.700. The average molecular weight is 183 g/mol. The molecule has 0 radical (unpaired) electrons. The van der Waals surface area contributed by atoms with E-state index in [1.54, 1.807) is 11.8 Å². The monoisotopic (exact) mass is 183 g/mol. The quantitative estimate of drug-likeness (QED) is 0.518. The van der Waals surface area contributed by atoms with E-state index in [1.165, 1.54) is 5.03 Å². The van der Waals surface area contributed by atoms with Gasteiger partial charge in [0, 0.05) is 18.3 Å². The van der Waals surface area contributed by atoms with Gasteiger partial charge >= 0.3 is 0 Å². The second kappa shape index (κ2) is 3.35. The number of aromatic nitrogens is 1. The summed E-state index contributed by atoms with van der Waals surface area (Å²) in [5, 5.41) is 1.18. The van der Waals surface area contributed by atoms with Crippen LogP contribution in [0.2, 0.25) is 0 Å². The largest absolute Gasteiger partial charge is 0.342 e. The molecule has 0 aromatic carbocycles. The van der Waals surface area contributed by atoms with Crippen molar-refractivity contribution in [2.75, 3.05) is 6.26 Å².